The number of benzene rings is 1. The van der Waals surface area contributed by atoms with Crippen LogP contribution in [0.15, 0.2) is 35.2 Å². The van der Waals surface area contributed by atoms with E-state index in [1.54, 1.807) is 13.0 Å². The van der Waals surface area contributed by atoms with Crippen molar-refractivity contribution in [3.63, 3.8) is 0 Å². The van der Waals surface area contributed by atoms with Crippen molar-refractivity contribution < 1.29 is 32.3 Å². The zero-order valence-electron chi connectivity index (χ0n) is 17.5. The third-order valence-corrected chi connectivity index (χ3v) is 6.55. The number of carbonyl (C=O) groups is 3. The largest absolute Gasteiger partial charge is 0.462 e. The summed E-state index contributed by atoms with van der Waals surface area (Å²) in [5.41, 5.74) is 0.170. The molecular formula is C21H22N2O7S2. The molecule has 1 amide bonds. The second kappa shape index (κ2) is 11.4. The molecule has 11 heteroatoms. The Balaban J connectivity index is 2.05. The Hall–Kier alpha value is -3.20. The van der Waals surface area contributed by atoms with Gasteiger partial charge in [0, 0.05) is 4.88 Å². The van der Waals surface area contributed by atoms with E-state index in [1.165, 1.54) is 29.5 Å². The van der Waals surface area contributed by atoms with Gasteiger partial charge in [0.25, 0.3) is 5.91 Å². The number of sulfonamides is 1. The number of terminal acetylenes is 1. The van der Waals surface area contributed by atoms with E-state index in [9.17, 15) is 22.8 Å². The number of hydrogen-bond acceptors (Lipinski definition) is 8. The minimum absolute atomic E-state index is 0.0574. The van der Waals surface area contributed by atoms with E-state index in [1.807, 2.05) is 6.92 Å². The monoisotopic (exact) mass is 478 g/mol. The van der Waals surface area contributed by atoms with Gasteiger partial charge in [-0.1, -0.05) is 18.9 Å². The maximum Gasteiger partial charge on any atom is 0.341 e. The van der Waals surface area contributed by atoms with Crippen LogP contribution in [-0.4, -0.2) is 46.0 Å². The number of esters is 2. The lowest BCUT2D eigenvalue weighted by atomic mass is 10.2. The average molecular weight is 479 g/mol. The molecule has 1 aromatic carbocycles. The smallest absolute Gasteiger partial charge is 0.341 e. The first-order chi connectivity index (χ1) is 15.2. The van der Waals surface area contributed by atoms with Gasteiger partial charge in [-0.15, -0.1) is 17.8 Å². The summed E-state index contributed by atoms with van der Waals surface area (Å²) in [5.74, 6) is 0.0414. The third kappa shape index (κ3) is 6.65. The quantitative estimate of drug-likeness (QED) is 0.396. The van der Waals surface area contributed by atoms with Gasteiger partial charge in [0.15, 0.2) is 6.61 Å². The molecule has 0 saturated heterocycles. The molecule has 0 aliphatic rings. The number of amides is 1. The molecule has 0 saturated carbocycles. The molecule has 0 unspecified atom stereocenters. The normalized spacial score (nSPS) is 10.8. The fraction of sp³-hybridized carbons (Fsp3) is 0.286. The van der Waals surface area contributed by atoms with Crippen LogP contribution in [0, 0.1) is 12.3 Å². The number of aryl methyl sites for hydroxylation is 1. The van der Waals surface area contributed by atoms with Crippen molar-refractivity contribution in [3.8, 4) is 12.3 Å². The molecule has 1 aromatic heterocycles. The second-order valence-electron chi connectivity index (χ2n) is 6.21. The van der Waals surface area contributed by atoms with Crippen LogP contribution in [0.2, 0.25) is 0 Å². The number of hydrogen-bond donors (Lipinski definition) is 2. The minimum Gasteiger partial charge on any atom is -0.462 e. The number of rotatable bonds is 10. The van der Waals surface area contributed by atoms with Crippen molar-refractivity contribution in [1.82, 2.24) is 4.72 Å². The Morgan fingerprint density at radius 3 is 2.53 bits per heavy atom. The van der Waals surface area contributed by atoms with Crippen LogP contribution in [0.3, 0.4) is 0 Å². The summed E-state index contributed by atoms with van der Waals surface area (Å²) >= 11 is 1.22. The molecule has 0 bridgehead atoms. The molecule has 0 aliphatic carbocycles. The first-order valence-corrected chi connectivity index (χ1v) is 11.8. The van der Waals surface area contributed by atoms with Gasteiger partial charge in [0.05, 0.1) is 29.2 Å². The van der Waals surface area contributed by atoms with E-state index in [2.05, 4.69) is 16.0 Å². The fourth-order valence-corrected chi connectivity index (χ4v) is 4.44. The number of nitrogens with one attached hydrogen (secondary N) is 2. The zero-order chi connectivity index (χ0) is 23.7. The van der Waals surface area contributed by atoms with E-state index in [0.717, 1.165) is 10.9 Å². The van der Waals surface area contributed by atoms with Crippen LogP contribution >= 0.6 is 11.3 Å². The van der Waals surface area contributed by atoms with E-state index < -0.39 is 34.5 Å². The molecule has 2 rings (SSSR count). The Kier molecular flexibility index (Phi) is 8.95. The van der Waals surface area contributed by atoms with Crippen LogP contribution in [0.1, 0.15) is 39.4 Å². The van der Waals surface area contributed by atoms with Crippen molar-refractivity contribution in [2.45, 2.75) is 25.2 Å². The molecule has 1 heterocycles. The highest BCUT2D eigenvalue weighted by Gasteiger charge is 2.20. The zero-order valence-corrected chi connectivity index (χ0v) is 19.1. The molecule has 0 aliphatic heterocycles. The number of anilines is 1. The van der Waals surface area contributed by atoms with Gasteiger partial charge in [-0.2, -0.15) is 4.72 Å². The lowest BCUT2D eigenvalue weighted by Crippen LogP contribution is -2.24. The third-order valence-electron chi connectivity index (χ3n) is 3.96. The van der Waals surface area contributed by atoms with Gasteiger partial charge >= 0.3 is 11.9 Å². The molecule has 170 valence electrons. The minimum atomic E-state index is -3.89. The first kappa shape index (κ1) is 25.1. The molecule has 9 nitrogen and oxygen atoms in total. The van der Waals surface area contributed by atoms with Crippen molar-refractivity contribution in [3.05, 3.63) is 46.3 Å². The van der Waals surface area contributed by atoms with E-state index in [0.29, 0.717) is 11.4 Å². The summed E-state index contributed by atoms with van der Waals surface area (Å²) in [5, 5.41) is 2.85. The lowest BCUT2D eigenvalue weighted by Gasteiger charge is -2.08. The maximum atomic E-state index is 12.3. The van der Waals surface area contributed by atoms with Crippen LogP contribution < -0.4 is 10.0 Å². The number of thiophene rings is 1. The van der Waals surface area contributed by atoms with Crippen molar-refractivity contribution in [2.75, 3.05) is 25.1 Å². The van der Waals surface area contributed by atoms with Crippen molar-refractivity contribution in [1.29, 1.82) is 0 Å². The van der Waals surface area contributed by atoms with Crippen LogP contribution in [-0.2, 0) is 30.7 Å². The molecule has 0 atom stereocenters. The highest BCUT2D eigenvalue weighted by Crippen LogP contribution is 2.29. The van der Waals surface area contributed by atoms with Gasteiger partial charge in [-0.05, 0) is 37.6 Å². The Morgan fingerprint density at radius 1 is 1.12 bits per heavy atom. The van der Waals surface area contributed by atoms with E-state index in [4.69, 9.17) is 15.9 Å². The van der Waals surface area contributed by atoms with Crippen molar-refractivity contribution >= 4 is 44.2 Å². The highest BCUT2D eigenvalue weighted by molar-refractivity contribution is 7.89. The maximum absolute atomic E-state index is 12.3. The van der Waals surface area contributed by atoms with Gasteiger partial charge in [0.2, 0.25) is 10.0 Å². The Labute approximate surface area is 190 Å². The topological polar surface area (TPSA) is 128 Å². The Bertz CT molecular complexity index is 1150. The number of ether oxygens (including phenoxy) is 2. The summed E-state index contributed by atoms with van der Waals surface area (Å²) in [6.45, 7) is 2.94. The summed E-state index contributed by atoms with van der Waals surface area (Å²) in [6, 6.07) is 6.77. The lowest BCUT2D eigenvalue weighted by molar-refractivity contribution is -0.119. The molecule has 0 radical (unpaired) electrons. The van der Waals surface area contributed by atoms with Crippen LogP contribution in [0.5, 0.6) is 0 Å². The van der Waals surface area contributed by atoms with E-state index in [-0.39, 0.29) is 29.2 Å². The standard InChI is InChI=1S/C21H22N2O7S2/c1-4-10-22-32(27,28)16-9-7-8-14(11-16)20(25)30-13-18(24)23-19-17(21(26)29-6-3)12-15(5-2)31-19/h1,7-9,11-12,22H,5-6,10,13H2,2-3H3,(H,23,24). The average Bonchev–Trinajstić information content (AvgIpc) is 3.19. The van der Waals surface area contributed by atoms with Gasteiger partial charge in [-0.3, -0.25) is 4.79 Å². The summed E-state index contributed by atoms with van der Waals surface area (Å²) < 4.78 is 36.4. The molecule has 0 fully saturated rings. The first-order valence-electron chi connectivity index (χ1n) is 9.51. The SMILES string of the molecule is C#CCNS(=O)(=O)c1cccc(C(=O)OCC(=O)Nc2sc(CC)cc2C(=O)OCC)c1. The Morgan fingerprint density at radius 2 is 1.88 bits per heavy atom. The molecule has 32 heavy (non-hydrogen) atoms. The summed E-state index contributed by atoms with van der Waals surface area (Å²) in [4.78, 5) is 37.3. The summed E-state index contributed by atoms with van der Waals surface area (Å²) in [7, 11) is -3.89. The second-order valence-corrected chi connectivity index (χ2v) is 9.11. The van der Waals surface area contributed by atoms with E-state index >= 15 is 0 Å². The van der Waals surface area contributed by atoms with Crippen LogP contribution in [0.25, 0.3) is 0 Å². The molecular weight excluding hydrogens is 456 g/mol. The highest BCUT2D eigenvalue weighted by atomic mass is 32.2. The summed E-state index contributed by atoms with van der Waals surface area (Å²) in [6.07, 6.45) is 5.72. The molecule has 0 spiro atoms. The van der Waals surface area contributed by atoms with Crippen LogP contribution in [0.4, 0.5) is 5.00 Å². The number of carbonyl (C=O) groups excluding carboxylic acids is 3. The molecule has 2 N–H and O–H groups in total. The van der Waals surface area contributed by atoms with Gasteiger partial charge in [0.1, 0.15) is 5.00 Å². The predicted octanol–water partition coefficient (Wildman–Crippen LogP) is 2.19. The van der Waals surface area contributed by atoms with Gasteiger partial charge < -0.3 is 14.8 Å². The van der Waals surface area contributed by atoms with Gasteiger partial charge in [-0.25, -0.2) is 18.0 Å². The fourth-order valence-electron chi connectivity index (χ4n) is 2.46. The molecule has 2 aromatic rings. The van der Waals surface area contributed by atoms with Crippen molar-refractivity contribution in [2.24, 2.45) is 0 Å². The predicted molar refractivity (Wildman–Crippen MR) is 119 cm³/mol.